The van der Waals surface area contributed by atoms with Gasteiger partial charge < -0.3 is 11.1 Å². The zero-order valence-electron chi connectivity index (χ0n) is 8.47. The van der Waals surface area contributed by atoms with E-state index in [0.717, 1.165) is 11.4 Å². The molecule has 0 radical (unpaired) electrons. The highest BCUT2D eigenvalue weighted by atomic mass is 32.1. The minimum absolute atomic E-state index is 0.551. The van der Waals surface area contributed by atoms with Gasteiger partial charge in [-0.2, -0.15) is 5.26 Å². The summed E-state index contributed by atoms with van der Waals surface area (Å²) in [5.74, 6) is 0. The number of nitrogens with zero attached hydrogens (tertiary/aromatic N) is 2. The van der Waals surface area contributed by atoms with Crippen LogP contribution in [0.3, 0.4) is 0 Å². The van der Waals surface area contributed by atoms with E-state index in [2.05, 4.69) is 16.4 Å². The van der Waals surface area contributed by atoms with Crippen LogP contribution in [0.4, 0.5) is 11.4 Å². The number of hydrogen-bond donors (Lipinski definition) is 2. The molecule has 1 heterocycles. The molecule has 0 saturated carbocycles. The predicted molar refractivity (Wildman–Crippen MR) is 65.0 cm³/mol. The lowest BCUT2D eigenvalue weighted by Crippen LogP contribution is -2.01. The van der Waals surface area contributed by atoms with E-state index in [1.54, 1.807) is 35.0 Å². The molecule has 0 aliphatic heterocycles. The van der Waals surface area contributed by atoms with Crippen LogP contribution in [0, 0.1) is 11.3 Å². The summed E-state index contributed by atoms with van der Waals surface area (Å²) >= 11 is 1.55. The van der Waals surface area contributed by atoms with E-state index in [-0.39, 0.29) is 0 Å². The van der Waals surface area contributed by atoms with Crippen LogP contribution in [-0.2, 0) is 6.54 Å². The van der Waals surface area contributed by atoms with Crippen LogP contribution < -0.4 is 11.1 Å². The van der Waals surface area contributed by atoms with Gasteiger partial charge in [-0.25, -0.2) is 4.98 Å². The largest absolute Gasteiger partial charge is 0.399 e. The number of benzene rings is 1. The van der Waals surface area contributed by atoms with Gasteiger partial charge in [0.15, 0.2) is 0 Å². The summed E-state index contributed by atoms with van der Waals surface area (Å²) in [6.45, 7) is 0.613. The molecule has 2 aromatic rings. The Kier molecular flexibility index (Phi) is 3.03. The average Bonchev–Trinajstić information content (AvgIpc) is 2.80. The molecule has 0 saturated heterocycles. The van der Waals surface area contributed by atoms with Gasteiger partial charge in [0.05, 0.1) is 29.0 Å². The summed E-state index contributed by atoms with van der Waals surface area (Å²) in [6.07, 6.45) is 0. The number of thiazole rings is 1. The first-order chi connectivity index (χ1) is 7.79. The molecule has 1 aromatic carbocycles. The Labute approximate surface area is 97.4 Å². The first-order valence-electron chi connectivity index (χ1n) is 4.70. The Morgan fingerprint density at radius 2 is 2.38 bits per heavy atom. The number of anilines is 2. The normalized spacial score (nSPS) is 9.69. The first kappa shape index (κ1) is 10.5. The average molecular weight is 230 g/mol. The van der Waals surface area contributed by atoms with Crippen LogP contribution in [0.2, 0.25) is 0 Å². The fourth-order valence-corrected chi connectivity index (χ4v) is 1.88. The number of nitrogen functional groups attached to an aromatic ring is 1. The lowest BCUT2D eigenvalue weighted by molar-refractivity contribution is 1.07. The molecule has 80 valence electrons. The molecular formula is C11H10N4S. The Hall–Kier alpha value is -2.06. The maximum Gasteiger partial charge on any atom is 0.101 e. The minimum Gasteiger partial charge on any atom is -0.399 e. The third-order valence-corrected chi connectivity index (χ3v) is 2.74. The number of nitriles is 1. The van der Waals surface area contributed by atoms with Crippen molar-refractivity contribution in [2.24, 2.45) is 0 Å². The lowest BCUT2D eigenvalue weighted by Gasteiger charge is -2.06. The van der Waals surface area contributed by atoms with Crippen molar-refractivity contribution in [1.82, 2.24) is 4.98 Å². The molecule has 1 aromatic heterocycles. The number of aromatic nitrogens is 1. The summed E-state index contributed by atoms with van der Waals surface area (Å²) in [7, 11) is 0. The van der Waals surface area contributed by atoms with Crippen molar-refractivity contribution in [2.75, 3.05) is 11.1 Å². The van der Waals surface area contributed by atoms with Gasteiger partial charge in [-0.3, -0.25) is 0 Å². The van der Waals surface area contributed by atoms with Crippen LogP contribution in [0.15, 0.2) is 29.1 Å². The summed E-state index contributed by atoms with van der Waals surface area (Å²) < 4.78 is 0. The molecule has 16 heavy (non-hydrogen) atoms. The molecule has 0 bridgehead atoms. The molecule has 2 rings (SSSR count). The highest BCUT2D eigenvalue weighted by Gasteiger charge is 2.02. The molecule has 4 nitrogen and oxygen atoms in total. The number of rotatable bonds is 3. The van der Waals surface area contributed by atoms with E-state index in [9.17, 15) is 0 Å². The highest BCUT2D eigenvalue weighted by molar-refractivity contribution is 7.07. The molecule has 0 unspecified atom stereocenters. The summed E-state index contributed by atoms with van der Waals surface area (Å²) in [4.78, 5) is 4.15. The summed E-state index contributed by atoms with van der Waals surface area (Å²) in [5.41, 5.74) is 10.3. The van der Waals surface area contributed by atoms with Crippen molar-refractivity contribution in [3.8, 4) is 6.07 Å². The molecule has 0 spiro atoms. The van der Waals surface area contributed by atoms with Crippen molar-refractivity contribution in [1.29, 1.82) is 5.26 Å². The second-order valence-electron chi connectivity index (χ2n) is 3.25. The Morgan fingerprint density at radius 1 is 1.50 bits per heavy atom. The fourth-order valence-electron chi connectivity index (χ4n) is 1.32. The smallest absolute Gasteiger partial charge is 0.101 e. The molecule has 0 fully saturated rings. The van der Waals surface area contributed by atoms with E-state index in [1.807, 2.05) is 5.38 Å². The molecule has 0 aliphatic rings. The summed E-state index contributed by atoms with van der Waals surface area (Å²) in [6, 6.07) is 7.34. The molecule has 0 aliphatic carbocycles. The van der Waals surface area contributed by atoms with Crippen LogP contribution in [-0.4, -0.2) is 4.98 Å². The van der Waals surface area contributed by atoms with Crippen LogP contribution in [0.1, 0.15) is 11.3 Å². The topological polar surface area (TPSA) is 74.7 Å². The minimum atomic E-state index is 0.551. The second-order valence-corrected chi connectivity index (χ2v) is 3.97. The Morgan fingerprint density at radius 3 is 3.06 bits per heavy atom. The molecular weight excluding hydrogens is 220 g/mol. The summed E-state index contributed by atoms with van der Waals surface area (Å²) in [5, 5.41) is 14.1. The van der Waals surface area contributed by atoms with Crippen LogP contribution in [0.25, 0.3) is 0 Å². The standard InChI is InChI=1S/C11H10N4S/c12-4-8-3-9(13)1-2-11(8)14-5-10-6-16-7-15-10/h1-3,6-7,14H,5,13H2. The lowest BCUT2D eigenvalue weighted by atomic mass is 10.1. The predicted octanol–water partition coefficient (Wildman–Crippen LogP) is 2.21. The molecule has 3 N–H and O–H groups in total. The van der Waals surface area contributed by atoms with Gasteiger partial charge >= 0.3 is 0 Å². The number of nitrogens with one attached hydrogen (secondary N) is 1. The van der Waals surface area contributed by atoms with E-state index >= 15 is 0 Å². The Balaban J connectivity index is 2.13. The van der Waals surface area contributed by atoms with Crippen molar-refractivity contribution < 1.29 is 0 Å². The number of hydrogen-bond acceptors (Lipinski definition) is 5. The highest BCUT2D eigenvalue weighted by Crippen LogP contribution is 2.18. The van der Waals surface area contributed by atoms with Gasteiger partial charge in [0.2, 0.25) is 0 Å². The Bertz CT molecular complexity index is 513. The van der Waals surface area contributed by atoms with Crippen molar-refractivity contribution in [2.45, 2.75) is 6.54 Å². The first-order valence-corrected chi connectivity index (χ1v) is 5.64. The zero-order chi connectivity index (χ0) is 11.4. The van der Waals surface area contributed by atoms with Gasteiger partial charge in [-0.1, -0.05) is 0 Å². The maximum atomic E-state index is 8.94. The SMILES string of the molecule is N#Cc1cc(N)ccc1NCc1cscn1. The van der Waals surface area contributed by atoms with Crippen LogP contribution in [0.5, 0.6) is 0 Å². The van der Waals surface area contributed by atoms with Gasteiger partial charge in [0.25, 0.3) is 0 Å². The van der Waals surface area contributed by atoms with Crippen LogP contribution >= 0.6 is 11.3 Å². The van der Waals surface area contributed by atoms with E-state index in [4.69, 9.17) is 11.0 Å². The van der Waals surface area contributed by atoms with Crippen molar-refractivity contribution in [3.63, 3.8) is 0 Å². The molecule has 5 heteroatoms. The van der Waals surface area contributed by atoms with Gasteiger partial charge in [0.1, 0.15) is 6.07 Å². The third kappa shape index (κ3) is 2.30. The maximum absolute atomic E-state index is 8.94. The fraction of sp³-hybridized carbons (Fsp3) is 0.0909. The quantitative estimate of drug-likeness (QED) is 0.793. The molecule has 0 amide bonds. The second kappa shape index (κ2) is 4.64. The van der Waals surface area contributed by atoms with E-state index in [0.29, 0.717) is 17.8 Å². The monoisotopic (exact) mass is 230 g/mol. The third-order valence-electron chi connectivity index (χ3n) is 2.11. The van der Waals surface area contributed by atoms with Crippen molar-refractivity contribution in [3.05, 3.63) is 40.3 Å². The number of nitrogens with two attached hydrogens (primary N) is 1. The van der Waals surface area contributed by atoms with Gasteiger partial charge in [-0.15, -0.1) is 11.3 Å². The van der Waals surface area contributed by atoms with E-state index in [1.165, 1.54) is 0 Å². The zero-order valence-corrected chi connectivity index (χ0v) is 9.29. The van der Waals surface area contributed by atoms with Gasteiger partial charge in [0, 0.05) is 11.1 Å². The van der Waals surface area contributed by atoms with Gasteiger partial charge in [-0.05, 0) is 18.2 Å². The van der Waals surface area contributed by atoms with E-state index < -0.39 is 0 Å². The van der Waals surface area contributed by atoms with Crippen molar-refractivity contribution >= 4 is 22.7 Å². The molecule has 0 atom stereocenters.